The van der Waals surface area contributed by atoms with Gasteiger partial charge in [-0.15, -0.1) is 0 Å². The lowest BCUT2D eigenvalue weighted by molar-refractivity contribution is -0.332. The fourth-order valence-corrected chi connectivity index (χ4v) is 1.65. The second-order valence-electron chi connectivity index (χ2n) is 1.91. The van der Waals surface area contributed by atoms with E-state index in [4.69, 9.17) is 10.4 Å². The summed E-state index contributed by atoms with van der Waals surface area (Å²) in [5.41, 5.74) is 0. The van der Waals surface area contributed by atoms with Crippen molar-refractivity contribution in [2.45, 2.75) is 13.8 Å². The molecule has 0 saturated carbocycles. The summed E-state index contributed by atoms with van der Waals surface area (Å²) in [5, 5.41) is 16.3. The Morgan fingerprint density at radius 2 is 1.62 bits per heavy atom. The first-order chi connectivity index (χ1) is 6.04. The zero-order valence-electron chi connectivity index (χ0n) is 7.54. The Labute approximate surface area is 76.3 Å². The van der Waals surface area contributed by atoms with E-state index in [1.165, 1.54) is 0 Å². The zero-order valence-corrected chi connectivity index (χ0v) is 8.44. The number of hydrogen-bond donors (Lipinski definition) is 2. The van der Waals surface area contributed by atoms with Crippen LogP contribution in [0.3, 0.4) is 0 Å². The number of hydroxylamine groups is 2. The third-order valence-electron chi connectivity index (χ3n) is 0.906. The van der Waals surface area contributed by atoms with Crippen LogP contribution in [0.15, 0.2) is 0 Å². The first kappa shape index (κ1) is 13.0. The largest absolute Gasteiger partial charge is 0.476 e. The Morgan fingerprint density at radius 3 is 1.92 bits per heavy atom. The Hall–Kier alpha value is -0.0100. The SMILES string of the molecule is CCOP(=O)(OCC)OCN(O)O. The monoisotopic (exact) mass is 215 g/mol. The highest BCUT2D eigenvalue weighted by Gasteiger charge is 2.25. The topological polar surface area (TPSA) is 88.5 Å². The van der Waals surface area contributed by atoms with Gasteiger partial charge < -0.3 is 0 Å². The van der Waals surface area contributed by atoms with E-state index in [-0.39, 0.29) is 18.4 Å². The lowest BCUT2D eigenvalue weighted by Crippen LogP contribution is -2.17. The van der Waals surface area contributed by atoms with Crippen molar-refractivity contribution in [3.63, 3.8) is 0 Å². The summed E-state index contributed by atoms with van der Waals surface area (Å²) in [5.74, 6) is 0. The van der Waals surface area contributed by atoms with E-state index in [1.807, 2.05) is 0 Å². The van der Waals surface area contributed by atoms with Gasteiger partial charge in [0, 0.05) is 0 Å². The van der Waals surface area contributed by atoms with Gasteiger partial charge in [-0.05, 0) is 19.1 Å². The van der Waals surface area contributed by atoms with Crippen molar-refractivity contribution in [1.29, 1.82) is 0 Å². The molecule has 0 saturated heterocycles. The summed E-state index contributed by atoms with van der Waals surface area (Å²) in [7, 11) is -3.63. The normalized spacial score (nSPS) is 12.4. The highest BCUT2D eigenvalue weighted by Crippen LogP contribution is 2.48. The molecule has 0 aliphatic rings. The third-order valence-corrected chi connectivity index (χ3v) is 2.49. The zero-order chi connectivity index (χ0) is 10.3. The lowest BCUT2D eigenvalue weighted by Gasteiger charge is -2.16. The quantitative estimate of drug-likeness (QED) is 0.375. The van der Waals surface area contributed by atoms with E-state index in [0.717, 1.165) is 0 Å². The Balaban J connectivity index is 3.99. The van der Waals surface area contributed by atoms with Gasteiger partial charge in [0.2, 0.25) is 0 Å². The molecule has 0 radical (unpaired) electrons. The van der Waals surface area contributed by atoms with Crippen molar-refractivity contribution < 1.29 is 28.6 Å². The van der Waals surface area contributed by atoms with Crippen LogP contribution in [0.4, 0.5) is 0 Å². The molecule has 0 rings (SSSR count). The average molecular weight is 215 g/mol. The molecule has 0 aliphatic heterocycles. The number of nitrogens with zero attached hydrogens (tertiary/aromatic N) is 1. The van der Waals surface area contributed by atoms with Crippen molar-refractivity contribution >= 4 is 7.82 Å². The number of rotatable bonds is 7. The molecule has 2 N–H and O–H groups in total. The van der Waals surface area contributed by atoms with Crippen molar-refractivity contribution in [2.75, 3.05) is 19.9 Å². The van der Waals surface area contributed by atoms with E-state index in [1.54, 1.807) is 13.8 Å². The van der Waals surface area contributed by atoms with Crippen molar-refractivity contribution in [3.05, 3.63) is 0 Å². The number of hydrogen-bond acceptors (Lipinski definition) is 7. The smallest absolute Gasteiger partial charge is 0.288 e. The van der Waals surface area contributed by atoms with Gasteiger partial charge in [0.25, 0.3) is 0 Å². The maximum absolute atomic E-state index is 11.4. The van der Waals surface area contributed by atoms with Crippen molar-refractivity contribution in [2.24, 2.45) is 0 Å². The predicted octanol–water partition coefficient (Wildman–Crippen LogP) is 1.22. The van der Waals surface area contributed by atoms with E-state index in [9.17, 15) is 4.57 Å². The molecule has 13 heavy (non-hydrogen) atoms. The minimum absolute atomic E-state index is 0.147. The minimum atomic E-state index is -3.63. The van der Waals surface area contributed by atoms with Gasteiger partial charge in [0.15, 0.2) is 6.73 Å². The Morgan fingerprint density at radius 1 is 1.15 bits per heavy atom. The van der Waals surface area contributed by atoms with Crippen molar-refractivity contribution in [1.82, 2.24) is 5.23 Å². The van der Waals surface area contributed by atoms with Crippen LogP contribution in [-0.4, -0.2) is 35.6 Å². The Bertz CT molecular complexity index is 164. The molecule has 0 fully saturated rings. The van der Waals surface area contributed by atoms with Crippen LogP contribution in [0.5, 0.6) is 0 Å². The summed E-state index contributed by atoms with van der Waals surface area (Å²) >= 11 is 0. The van der Waals surface area contributed by atoms with E-state index < -0.39 is 14.6 Å². The highest BCUT2D eigenvalue weighted by atomic mass is 31.2. The molecule has 0 atom stereocenters. The molecular formula is C5H14NO6P. The summed E-state index contributed by atoms with van der Waals surface area (Å²) in [6.45, 7) is 2.86. The van der Waals surface area contributed by atoms with Crippen LogP contribution in [0, 0.1) is 0 Å². The van der Waals surface area contributed by atoms with Crippen LogP contribution in [0.1, 0.15) is 13.8 Å². The van der Waals surface area contributed by atoms with Gasteiger partial charge in [-0.25, -0.2) is 4.57 Å². The average Bonchev–Trinajstić information content (AvgIpc) is 2.02. The molecule has 0 aliphatic carbocycles. The molecule has 0 spiro atoms. The van der Waals surface area contributed by atoms with Gasteiger partial charge in [-0.2, -0.15) is 0 Å². The number of phosphoric acid groups is 1. The summed E-state index contributed by atoms with van der Waals surface area (Å²) in [4.78, 5) is 0. The van der Waals surface area contributed by atoms with Gasteiger partial charge in [0.05, 0.1) is 13.2 Å². The fourth-order valence-electron chi connectivity index (χ4n) is 0.550. The highest BCUT2D eigenvalue weighted by molar-refractivity contribution is 7.48. The first-order valence-corrected chi connectivity index (χ1v) is 5.19. The van der Waals surface area contributed by atoms with Crippen LogP contribution in [0.25, 0.3) is 0 Å². The third kappa shape index (κ3) is 6.11. The van der Waals surface area contributed by atoms with Crippen LogP contribution < -0.4 is 0 Å². The summed E-state index contributed by atoms with van der Waals surface area (Å²) in [6, 6.07) is 0. The Kier molecular flexibility index (Phi) is 6.44. The standard InChI is InChI=1S/C5H14NO6P/c1-3-10-13(9,11-4-2)12-5-6(7)8/h7-8H,3-5H2,1-2H3. The number of phosphoric ester groups is 1. The maximum atomic E-state index is 11.4. The van der Waals surface area contributed by atoms with E-state index >= 15 is 0 Å². The van der Waals surface area contributed by atoms with E-state index in [0.29, 0.717) is 0 Å². The molecule has 0 aromatic rings. The molecule has 8 heteroatoms. The van der Waals surface area contributed by atoms with Gasteiger partial charge in [-0.3, -0.25) is 24.0 Å². The van der Waals surface area contributed by atoms with Gasteiger partial charge >= 0.3 is 7.82 Å². The minimum Gasteiger partial charge on any atom is -0.288 e. The molecule has 0 aromatic carbocycles. The summed E-state index contributed by atoms with van der Waals surface area (Å²) < 4.78 is 25.3. The first-order valence-electron chi connectivity index (χ1n) is 3.73. The van der Waals surface area contributed by atoms with Gasteiger partial charge in [0.1, 0.15) is 0 Å². The molecule has 7 nitrogen and oxygen atoms in total. The second kappa shape index (κ2) is 6.44. The second-order valence-corrected chi connectivity index (χ2v) is 3.58. The van der Waals surface area contributed by atoms with Gasteiger partial charge in [-0.1, -0.05) is 0 Å². The predicted molar refractivity (Wildman–Crippen MR) is 42.2 cm³/mol. The molecule has 0 aromatic heterocycles. The molecule has 0 heterocycles. The fraction of sp³-hybridized carbons (Fsp3) is 1.00. The van der Waals surface area contributed by atoms with Crippen LogP contribution in [0.2, 0.25) is 0 Å². The van der Waals surface area contributed by atoms with E-state index in [2.05, 4.69) is 13.6 Å². The van der Waals surface area contributed by atoms with Crippen molar-refractivity contribution in [3.8, 4) is 0 Å². The molecule has 80 valence electrons. The van der Waals surface area contributed by atoms with Crippen LogP contribution in [-0.2, 0) is 18.1 Å². The van der Waals surface area contributed by atoms with Crippen LogP contribution >= 0.6 is 7.82 Å². The molecule has 0 amide bonds. The summed E-state index contributed by atoms with van der Waals surface area (Å²) in [6.07, 6.45) is 0. The lowest BCUT2D eigenvalue weighted by atomic mass is 10.9. The maximum Gasteiger partial charge on any atom is 0.476 e. The molecule has 0 bridgehead atoms. The molecular weight excluding hydrogens is 201 g/mol. The molecule has 0 unspecified atom stereocenters.